The van der Waals surface area contributed by atoms with Gasteiger partial charge in [-0.15, -0.1) is 0 Å². The Morgan fingerprint density at radius 3 is 2.38 bits per heavy atom. The molecule has 1 atom stereocenters. The van der Waals surface area contributed by atoms with Crippen LogP contribution in [0, 0.1) is 0 Å². The van der Waals surface area contributed by atoms with E-state index in [4.69, 9.17) is 0 Å². The van der Waals surface area contributed by atoms with Gasteiger partial charge in [-0.3, -0.25) is 0 Å². The molecule has 1 N–H and O–H groups in total. The molecule has 0 aliphatic carbocycles. The van der Waals surface area contributed by atoms with E-state index >= 15 is 0 Å². The van der Waals surface area contributed by atoms with Crippen LogP contribution in [0.25, 0.3) is 0 Å². The van der Waals surface area contributed by atoms with Gasteiger partial charge in [0.05, 0.1) is 0 Å². The van der Waals surface area contributed by atoms with Crippen LogP contribution in [-0.4, -0.2) is 20.6 Å². The molecule has 2 aromatic rings. The second-order valence-electron chi connectivity index (χ2n) is 5.43. The fourth-order valence-electron chi connectivity index (χ4n) is 2.46. The lowest BCUT2D eigenvalue weighted by Crippen LogP contribution is -2.23. The average Bonchev–Trinajstić information content (AvgIpc) is 2.47. The third-order valence-corrected chi connectivity index (χ3v) is 4.08. The second kappa shape index (κ2) is 7.62. The Hall–Kier alpha value is -1.32. The predicted octanol–water partition coefficient (Wildman–Crippen LogP) is 4.41. The van der Waals surface area contributed by atoms with Crippen LogP contribution < -0.4 is 10.2 Å². The highest BCUT2D eigenvalue weighted by atomic mass is 79.9. The minimum atomic E-state index is 0.348. The summed E-state index contributed by atoms with van der Waals surface area (Å²) in [5, 5.41) is 3.59. The molecule has 2 aromatic carbocycles. The second-order valence-corrected chi connectivity index (χ2v) is 6.35. The van der Waals surface area contributed by atoms with Crippen molar-refractivity contribution in [3.05, 3.63) is 64.1 Å². The molecule has 3 heteroatoms. The van der Waals surface area contributed by atoms with E-state index < -0.39 is 0 Å². The van der Waals surface area contributed by atoms with Crippen molar-refractivity contribution in [1.82, 2.24) is 5.32 Å². The molecule has 21 heavy (non-hydrogen) atoms. The van der Waals surface area contributed by atoms with Crippen molar-refractivity contribution in [3.8, 4) is 0 Å². The van der Waals surface area contributed by atoms with Gasteiger partial charge in [-0.1, -0.05) is 47.1 Å². The van der Waals surface area contributed by atoms with Gasteiger partial charge in [-0.2, -0.15) is 0 Å². The minimum absolute atomic E-state index is 0.348. The Kier molecular flexibility index (Phi) is 5.83. The summed E-state index contributed by atoms with van der Waals surface area (Å²) >= 11 is 3.55. The highest BCUT2D eigenvalue weighted by Crippen LogP contribution is 2.23. The van der Waals surface area contributed by atoms with Crippen LogP contribution in [0.2, 0.25) is 0 Å². The zero-order chi connectivity index (χ0) is 15.2. The van der Waals surface area contributed by atoms with Crippen LogP contribution in [0.4, 0.5) is 5.69 Å². The summed E-state index contributed by atoms with van der Waals surface area (Å²) in [5.74, 6) is 0. The van der Waals surface area contributed by atoms with E-state index in [1.54, 1.807) is 0 Å². The molecule has 2 rings (SSSR count). The molecule has 0 radical (unpaired) electrons. The minimum Gasteiger partial charge on any atom is -0.378 e. The van der Waals surface area contributed by atoms with Crippen LogP contribution in [-0.2, 0) is 6.42 Å². The third kappa shape index (κ3) is 4.58. The van der Waals surface area contributed by atoms with Crippen LogP contribution >= 0.6 is 15.9 Å². The average molecular weight is 347 g/mol. The number of likely N-dealkylation sites (N-methyl/N-ethyl adjacent to an activating group) is 1. The van der Waals surface area contributed by atoms with Gasteiger partial charge in [0.2, 0.25) is 0 Å². The molecule has 0 aliphatic heterocycles. The molecule has 0 amide bonds. The number of nitrogens with one attached hydrogen (secondary N) is 1. The van der Waals surface area contributed by atoms with Crippen molar-refractivity contribution in [2.45, 2.75) is 19.4 Å². The van der Waals surface area contributed by atoms with Gasteiger partial charge in [0.1, 0.15) is 0 Å². The van der Waals surface area contributed by atoms with E-state index in [0.29, 0.717) is 6.04 Å². The van der Waals surface area contributed by atoms with Gasteiger partial charge in [-0.05, 0) is 48.4 Å². The number of nitrogens with zero attached hydrogens (tertiary/aromatic N) is 1. The Morgan fingerprint density at radius 2 is 1.81 bits per heavy atom. The lowest BCUT2D eigenvalue weighted by atomic mass is 9.98. The molecule has 0 saturated carbocycles. The SMILES string of the molecule is CCNC(Cc1cccc(Br)c1)c1ccc(N(C)C)cc1. The summed E-state index contributed by atoms with van der Waals surface area (Å²) in [6.45, 7) is 3.12. The maximum absolute atomic E-state index is 3.59. The lowest BCUT2D eigenvalue weighted by Gasteiger charge is -2.20. The molecule has 0 aliphatic rings. The highest BCUT2D eigenvalue weighted by Gasteiger charge is 2.11. The molecule has 2 nitrogen and oxygen atoms in total. The van der Waals surface area contributed by atoms with Gasteiger partial charge in [-0.25, -0.2) is 0 Å². The Morgan fingerprint density at radius 1 is 1.10 bits per heavy atom. The maximum Gasteiger partial charge on any atom is 0.0361 e. The lowest BCUT2D eigenvalue weighted by molar-refractivity contribution is 0.550. The van der Waals surface area contributed by atoms with Crippen molar-refractivity contribution < 1.29 is 0 Å². The normalized spacial score (nSPS) is 12.2. The Labute approximate surface area is 136 Å². The van der Waals surface area contributed by atoms with Crippen molar-refractivity contribution >= 4 is 21.6 Å². The number of halogens is 1. The molecule has 112 valence electrons. The number of hydrogen-bond acceptors (Lipinski definition) is 2. The Balaban J connectivity index is 2.18. The number of anilines is 1. The standard InChI is InChI=1S/C18H23BrN2/c1-4-20-18(13-14-6-5-7-16(19)12-14)15-8-10-17(11-9-15)21(2)3/h5-12,18,20H,4,13H2,1-3H3. The van der Waals surface area contributed by atoms with E-state index in [0.717, 1.165) is 17.4 Å². The molecule has 0 aromatic heterocycles. The Bertz CT molecular complexity index is 564. The molecule has 0 heterocycles. The number of benzene rings is 2. The molecule has 1 unspecified atom stereocenters. The molecule has 0 spiro atoms. The van der Waals surface area contributed by atoms with Gasteiger partial charge in [0.25, 0.3) is 0 Å². The van der Waals surface area contributed by atoms with E-state index in [1.165, 1.54) is 16.8 Å². The fraction of sp³-hybridized carbons (Fsp3) is 0.333. The summed E-state index contributed by atoms with van der Waals surface area (Å²) in [6.07, 6.45) is 0.995. The molecule has 0 bridgehead atoms. The van der Waals surface area contributed by atoms with Crippen LogP contribution in [0.3, 0.4) is 0 Å². The van der Waals surface area contributed by atoms with Crippen LogP contribution in [0.15, 0.2) is 53.0 Å². The predicted molar refractivity (Wildman–Crippen MR) is 95.0 cm³/mol. The van der Waals surface area contributed by atoms with E-state index in [1.807, 2.05) is 0 Å². The monoisotopic (exact) mass is 346 g/mol. The highest BCUT2D eigenvalue weighted by molar-refractivity contribution is 9.10. The number of hydrogen-bond donors (Lipinski definition) is 1. The quantitative estimate of drug-likeness (QED) is 0.833. The van der Waals surface area contributed by atoms with Gasteiger partial charge in [0.15, 0.2) is 0 Å². The first-order valence-corrected chi connectivity index (χ1v) is 8.14. The van der Waals surface area contributed by atoms with Crippen LogP contribution in [0.5, 0.6) is 0 Å². The molecule has 0 fully saturated rings. The third-order valence-electron chi connectivity index (χ3n) is 3.59. The summed E-state index contributed by atoms with van der Waals surface area (Å²) in [5.41, 5.74) is 3.91. The van der Waals surface area contributed by atoms with Crippen LogP contribution in [0.1, 0.15) is 24.1 Å². The largest absolute Gasteiger partial charge is 0.378 e. The molecule has 0 saturated heterocycles. The maximum atomic E-state index is 3.59. The summed E-state index contributed by atoms with van der Waals surface area (Å²) in [7, 11) is 4.14. The summed E-state index contributed by atoms with van der Waals surface area (Å²) in [6, 6.07) is 17.7. The molecular weight excluding hydrogens is 324 g/mol. The van der Waals surface area contributed by atoms with E-state index in [9.17, 15) is 0 Å². The first-order chi connectivity index (χ1) is 10.1. The summed E-state index contributed by atoms with van der Waals surface area (Å²) < 4.78 is 1.14. The first-order valence-electron chi connectivity index (χ1n) is 7.35. The van der Waals surface area contributed by atoms with Gasteiger partial charge in [0, 0.05) is 30.3 Å². The van der Waals surface area contributed by atoms with Crippen molar-refractivity contribution in [1.29, 1.82) is 0 Å². The van der Waals surface area contributed by atoms with Gasteiger partial charge >= 0.3 is 0 Å². The topological polar surface area (TPSA) is 15.3 Å². The van der Waals surface area contributed by atoms with E-state index in [2.05, 4.69) is 95.7 Å². The zero-order valence-corrected chi connectivity index (χ0v) is 14.5. The first kappa shape index (κ1) is 16.1. The van der Waals surface area contributed by atoms with E-state index in [-0.39, 0.29) is 0 Å². The van der Waals surface area contributed by atoms with Crippen molar-refractivity contribution in [2.24, 2.45) is 0 Å². The fourth-order valence-corrected chi connectivity index (χ4v) is 2.91. The number of rotatable bonds is 6. The zero-order valence-electron chi connectivity index (χ0n) is 12.9. The van der Waals surface area contributed by atoms with Gasteiger partial charge < -0.3 is 10.2 Å². The summed E-state index contributed by atoms with van der Waals surface area (Å²) in [4.78, 5) is 2.13. The molecular formula is C18H23BrN2. The smallest absolute Gasteiger partial charge is 0.0361 e. The van der Waals surface area contributed by atoms with Crippen molar-refractivity contribution in [3.63, 3.8) is 0 Å². The van der Waals surface area contributed by atoms with Crippen molar-refractivity contribution in [2.75, 3.05) is 25.5 Å².